The summed E-state index contributed by atoms with van der Waals surface area (Å²) in [7, 11) is 0. The monoisotopic (exact) mass is 449 g/mol. The van der Waals surface area contributed by atoms with E-state index in [0.717, 1.165) is 21.3 Å². The van der Waals surface area contributed by atoms with E-state index in [-0.39, 0.29) is 11.9 Å². The molecule has 0 fully saturated rings. The predicted octanol–water partition coefficient (Wildman–Crippen LogP) is 4.45. The minimum atomic E-state index is -0.298. The van der Waals surface area contributed by atoms with Gasteiger partial charge in [0.15, 0.2) is 0 Å². The second-order valence-corrected chi connectivity index (χ2v) is 7.15. The van der Waals surface area contributed by atoms with Crippen molar-refractivity contribution in [2.75, 3.05) is 0 Å². The first kappa shape index (κ1) is 15.6. The normalized spacial score (nSPS) is 16.6. The molecule has 120 valence electrons. The molecule has 3 aromatic rings. The van der Waals surface area contributed by atoms with E-state index in [9.17, 15) is 4.39 Å². The highest BCUT2D eigenvalue weighted by atomic mass is 79.9. The number of tetrazole rings is 1. The average molecular weight is 451 g/mol. The van der Waals surface area contributed by atoms with Crippen LogP contribution in [-0.2, 0) is 0 Å². The van der Waals surface area contributed by atoms with E-state index in [4.69, 9.17) is 0 Å². The molecular formula is C16H10Br2FN5. The molecule has 1 aliphatic heterocycles. The van der Waals surface area contributed by atoms with Gasteiger partial charge in [0, 0.05) is 10.9 Å². The van der Waals surface area contributed by atoms with Gasteiger partial charge >= 0.3 is 0 Å². The topological polar surface area (TPSA) is 56.0 Å². The fourth-order valence-electron chi connectivity index (χ4n) is 2.70. The molecule has 0 aliphatic carbocycles. The van der Waals surface area contributed by atoms with Crippen LogP contribution in [0.2, 0.25) is 0 Å². The van der Waals surface area contributed by atoms with Crippen LogP contribution in [0.1, 0.15) is 23.6 Å². The van der Waals surface area contributed by atoms with E-state index in [2.05, 4.69) is 52.4 Å². The fourth-order valence-corrected chi connectivity index (χ4v) is 3.36. The second-order valence-electron chi connectivity index (χ2n) is 5.38. The van der Waals surface area contributed by atoms with Crippen molar-refractivity contribution in [2.24, 2.45) is 4.99 Å². The van der Waals surface area contributed by atoms with Crippen LogP contribution in [0.15, 0.2) is 56.4 Å². The molecule has 0 bridgehead atoms. The SMILES string of the molecule is Fc1ccc(C2CC(c3ccc(Br)cc3)=Nc3nnnn32)cc1Br. The Morgan fingerprint density at radius 2 is 1.88 bits per heavy atom. The zero-order valence-corrected chi connectivity index (χ0v) is 15.4. The summed E-state index contributed by atoms with van der Waals surface area (Å²) in [5, 5.41) is 11.8. The predicted molar refractivity (Wildman–Crippen MR) is 95.0 cm³/mol. The molecule has 0 N–H and O–H groups in total. The smallest absolute Gasteiger partial charge is 0.214 e. The van der Waals surface area contributed by atoms with Gasteiger partial charge in [0.25, 0.3) is 5.95 Å². The van der Waals surface area contributed by atoms with Crippen molar-refractivity contribution in [2.45, 2.75) is 12.5 Å². The van der Waals surface area contributed by atoms with E-state index >= 15 is 0 Å². The molecule has 8 heteroatoms. The number of aromatic nitrogens is 4. The Kier molecular flexibility index (Phi) is 4.01. The Morgan fingerprint density at radius 3 is 2.62 bits per heavy atom. The van der Waals surface area contributed by atoms with Crippen LogP contribution in [0.4, 0.5) is 10.3 Å². The van der Waals surface area contributed by atoms with Crippen molar-refractivity contribution in [1.29, 1.82) is 0 Å². The highest BCUT2D eigenvalue weighted by Crippen LogP contribution is 2.33. The van der Waals surface area contributed by atoms with E-state index < -0.39 is 0 Å². The summed E-state index contributed by atoms with van der Waals surface area (Å²) in [6.45, 7) is 0. The van der Waals surface area contributed by atoms with Crippen LogP contribution in [0.5, 0.6) is 0 Å². The first-order valence-corrected chi connectivity index (χ1v) is 8.77. The maximum Gasteiger partial charge on any atom is 0.269 e. The minimum absolute atomic E-state index is 0.136. The van der Waals surface area contributed by atoms with Crippen LogP contribution in [0.25, 0.3) is 0 Å². The molecule has 1 atom stereocenters. The molecular weight excluding hydrogens is 441 g/mol. The molecule has 4 rings (SSSR count). The number of rotatable bonds is 2. The van der Waals surface area contributed by atoms with Gasteiger partial charge in [-0.1, -0.05) is 39.2 Å². The van der Waals surface area contributed by atoms with Crippen LogP contribution in [0.3, 0.4) is 0 Å². The molecule has 5 nitrogen and oxygen atoms in total. The molecule has 0 spiro atoms. The van der Waals surface area contributed by atoms with Crippen LogP contribution >= 0.6 is 31.9 Å². The van der Waals surface area contributed by atoms with Gasteiger partial charge in [-0.05, 0) is 61.7 Å². The third kappa shape index (κ3) is 2.80. The van der Waals surface area contributed by atoms with Gasteiger partial charge in [-0.2, -0.15) is 0 Å². The van der Waals surface area contributed by atoms with Gasteiger partial charge in [0.2, 0.25) is 0 Å². The summed E-state index contributed by atoms with van der Waals surface area (Å²) < 4.78 is 16.7. The summed E-state index contributed by atoms with van der Waals surface area (Å²) in [5.41, 5.74) is 2.83. The highest BCUT2D eigenvalue weighted by Gasteiger charge is 2.27. The van der Waals surface area contributed by atoms with Crippen LogP contribution in [0, 0.1) is 5.82 Å². The molecule has 0 amide bonds. The summed E-state index contributed by atoms with van der Waals surface area (Å²) in [6.07, 6.45) is 0.623. The number of aliphatic imine (C=N–C) groups is 1. The van der Waals surface area contributed by atoms with Crippen molar-refractivity contribution < 1.29 is 4.39 Å². The lowest BCUT2D eigenvalue weighted by atomic mass is 9.96. The average Bonchev–Trinajstić information content (AvgIpc) is 3.06. The molecule has 0 saturated heterocycles. The van der Waals surface area contributed by atoms with E-state index in [1.807, 2.05) is 24.3 Å². The maximum atomic E-state index is 13.6. The lowest BCUT2D eigenvalue weighted by Crippen LogP contribution is -2.21. The van der Waals surface area contributed by atoms with Gasteiger partial charge in [-0.15, -0.1) is 0 Å². The minimum Gasteiger partial charge on any atom is -0.214 e. The summed E-state index contributed by atoms with van der Waals surface area (Å²) in [5.74, 6) is 0.151. The first-order valence-electron chi connectivity index (χ1n) is 7.18. The number of hydrogen-bond acceptors (Lipinski definition) is 4. The van der Waals surface area contributed by atoms with E-state index in [0.29, 0.717) is 16.8 Å². The molecule has 24 heavy (non-hydrogen) atoms. The zero-order valence-electron chi connectivity index (χ0n) is 12.2. The van der Waals surface area contributed by atoms with Gasteiger partial charge in [-0.3, -0.25) is 0 Å². The molecule has 0 radical (unpaired) electrons. The van der Waals surface area contributed by atoms with Crippen molar-refractivity contribution in [3.8, 4) is 0 Å². The molecule has 1 aliphatic rings. The van der Waals surface area contributed by atoms with Crippen molar-refractivity contribution in [3.63, 3.8) is 0 Å². The number of nitrogens with zero attached hydrogens (tertiary/aromatic N) is 5. The zero-order chi connectivity index (χ0) is 16.7. The van der Waals surface area contributed by atoms with Crippen LogP contribution in [-0.4, -0.2) is 25.9 Å². The van der Waals surface area contributed by atoms with E-state index in [1.54, 1.807) is 16.8 Å². The Bertz CT molecular complexity index is 936. The number of halogens is 3. The Hall–Kier alpha value is -1.93. The Labute approximate surface area is 153 Å². The van der Waals surface area contributed by atoms with Crippen molar-refractivity contribution in [1.82, 2.24) is 20.2 Å². The summed E-state index contributed by atoms with van der Waals surface area (Å²) >= 11 is 6.68. The molecule has 2 aromatic carbocycles. The van der Waals surface area contributed by atoms with Crippen molar-refractivity contribution in [3.05, 3.63) is 68.4 Å². The molecule has 2 heterocycles. The summed E-state index contributed by atoms with van der Waals surface area (Å²) in [6, 6.07) is 12.8. The third-order valence-electron chi connectivity index (χ3n) is 3.90. The van der Waals surface area contributed by atoms with Gasteiger partial charge in [-0.25, -0.2) is 14.1 Å². The molecule has 1 unspecified atom stereocenters. The summed E-state index contributed by atoms with van der Waals surface area (Å²) in [4.78, 5) is 4.56. The number of fused-ring (bicyclic) bond motifs is 1. The Morgan fingerprint density at radius 1 is 1.08 bits per heavy atom. The Balaban J connectivity index is 1.78. The largest absolute Gasteiger partial charge is 0.269 e. The van der Waals surface area contributed by atoms with E-state index in [1.165, 1.54) is 6.07 Å². The van der Waals surface area contributed by atoms with Crippen molar-refractivity contribution >= 4 is 43.5 Å². The quantitative estimate of drug-likeness (QED) is 0.579. The fraction of sp³-hybridized carbons (Fsp3) is 0.125. The first-order chi connectivity index (χ1) is 11.6. The standard InChI is InChI=1S/C16H10Br2FN5/c17-11-4-1-9(2-5-11)14-8-15(24-16(20-14)21-22-23-24)10-3-6-13(19)12(18)7-10/h1-7,15H,8H2. The highest BCUT2D eigenvalue weighted by molar-refractivity contribution is 9.10. The maximum absolute atomic E-state index is 13.6. The second kappa shape index (κ2) is 6.18. The lowest BCUT2D eigenvalue weighted by molar-refractivity contribution is 0.513. The number of benzene rings is 2. The molecule has 0 saturated carbocycles. The lowest BCUT2D eigenvalue weighted by Gasteiger charge is -2.23. The number of hydrogen-bond donors (Lipinski definition) is 0. The van der Waals surface area contributed by atoms with Gasteiger partial charge in [0.1, 0.15) is 5.82 Å². The van der Waals surface area contributed by atoms with Crippen LogP contribution < -0.4 is 0 Å². The molecule has 1 aromatic heterocycles. The van der Waals surface area contributed by atoms with Gasteiger partial charge < -0.3 is 0 Å². The van der Waals surface area contributed by atoms with Gasteiger partial charge in [0.05, 0.1) is 16.2 Å². The third-order valence-corrected chi connectivity index (χ3v) is 5.03.